The molecule has 218 valence electrons. The molecule has 0 radical (unpaired) electrons. The monoisotopic (exact) mass is 600 g/mol. The Morgan fingerprint density at radius 3 is 1.40 bits per heavy atom. The number of fused-ring (bicyclic) bond motifs is 3. The normalized spacial score (nSPS) is 13.5. The minimum atomic E-state index is 0.0170. The van der Waals surface area contributed by atoms with E-state index in [2.05, 4.69) is 103 Å². The van der Waals surface area contributed by atoms with Crippen LogP contribution in [-0.2, 0) is 6.42 Å². The fourth-order valence-corrected chi connectivity index (χ4v) is 8.24. The Hall–Kier alpha value is -6.00. The van der Waals surface area contributed by atoms with Crippen LogP contribution < -0.4 is 30.6 Å². The van der Waals surface area contributed by atoms with Crippen LogP contribution in [0, 0.1) is 0 Å². The Balaban J connectivity index is 1.03. The summed E-state index contributed by atoms with van der Waals surface area (Å²) in [6.45, 7) is 0.0170. The molecule has 0 aromatic heterocycles. The molecule has 0 bridgehead atoms. The molecule has 0 amide bonds. The lowest BCUT2D eigenvalue weighted by Gasteiger charge is -2.37. The summed E-state index contributed by atoms with van der Waals surface area (Å²) < 4.78 is 19.5. The Morgan fingerprint density at radius 2 is 0.787 bits per heavy atom. The van der Waals surface area contributed by atoms with Gasteiger partial charge in [-0.1, -0.05) is 97.1 Å². The molecule has 0 fully saturated rings. The van der Waals surface area contributed by atoms with E-state index in [0.29, 0.717) is 0 Å². The summed E-state index contributed by atoms with van der Waals surface area (Å²) in [5, 5.41) is 0. The van der Waals surface area contributed by atoms with Crippen molar-refractivity contribution >= 4 is 23.1 Å². The third-order valence-corrected chi connectivity index (χ3v) is 10.3. The highest BCUT2D eigenvalue weighted by Gasteiger charge is 2.46. The van der Waals surface area contributed by atoms with Crippen LogP contribution in [0.25, 0.3) is 44.5 Å². The molecule has 47 heavy (non-hydrogen) atoms. The van der Waals surface area contributed by atoms with Crippen molar-refractivity contribution in [3.63, 3.8) is 0 Å². The molecule has 0 atom stereocenters. The number of hydrogen-bond donors (Lipinski definition) is 0. The fourth-order valence-electron chi connectivity index (χ4n) is 8.24. The first kappa shape index (κ1) is 25.2. The molecule has 3 aliphatic heterocycles. The molecule has 3 nitrogen and oxygen atoms in total. The fraction of sp³-hybridized carbons (Fsp3) is 0.0233. The van der Waals surface area contributed by atoms with Crippen molar-refractivity contribution in [2.45, 2.75) is 6.42 Å². The van der Waals surface area contributed by atoms with Crippen molar-refractivity contribution in [3.8, 4) is 79.0 Å². The first-order valence-corrected chi connectivity index (χ1v) is 16.2. The third-order valence-electron chi connectivity index (χ3n) is 10.3. The summed E-state index contributed by atoms with van der Waals surface area (Å²) in [6.07, 6.45) is 0.911. The van der Waals surface area contributed by atoms with Gasteiger partial charge in [-0.3, -0.25) is 0 Å². The molecule has 7 aromatic carbocycles. The van der Waals surface area contributed by atoms with Gasteiger partial charge in [0.2, 0.25) is 0 Å². The number of rotatable bonds is 3. The average Bonchev–Trinajstić information content (AvgIpc) is 3.51. The van der Waals surface area contributed by atoms with Crippen LogP contribution in [0.1, 0.15) is 11.1 Å². The molecule has 3 heterocycles. The van der Waals surface area contributed by atoms with Crippen molar-refractivity contribution in [2.75, 3.05) is 0 Å². The maximum absolute atomic E-state index is 6.61. The van der Waals surface area contributed by atoms with E-state index < -0.39 is 0 Å². The zero-order chi connectivity index (χ0) is 30.6. The zero-order valence-electron chi connectivity index (χ0n) is 25.3. The van der Waals surface area contributed by atoms with Gasteiger partial charge < -0.3 is 14.2 Å². The topological polar surface area (TPSA) is 27.7 Å². The summed E-state index contributed by atoms with van der Waals surface area (Å²) in [6, 6.07) is 49.6. The van der Waals surface area contributed by atoms with Crippen molar-refractivity contribution in [3.05, 3.63) is 151 Å². The minimum Gasteiger partial charge on any atom is -0.458 e. The van der Waals surface area contributed by atoms with Crippen LogP contribution in [0.15, 0.2) is 140 Å². The van der Waals surface area contributed by atoms with E-state index in [0.717, 1.165) is 68.4 Å². The van der Waals surface area contributed by atoms with Gasteiger partial charge in [0, 0.05) is 16.4 Å². The van der Waals surface area contributed by atoms with E-state index in [1.54, 1.807) is 0 Å². The second-order valence-electron chi connectivity index (χ2n) is 12.7. The maximum atomic E-state index is 6.61. The highest BCUT2D eigenvalue weighted by Crippen LogP contribution is 2.47. The quantitative estimate of drug-likeness (QED) is 0.189. The third kappa shape index (κ3) is 3.53. The van der Waals surface area contributed by atoms with Gasteiger partial charge in [-0.05, 0) is 105 Å². The second kappa shape index (κ2) is 9.28. The molecular formula is C43H25BO3. The Bertz CT molecular complexity index is 2400. The molecule has 0 N–H and O–H groups in total. The highest BCUT2D eigenvalue weighted by atomic mass is 16.5. The Labute approximate surface area is 272 Å². The van der Waals surface area contributed by atoms with Crippen LogP contribution >= 0.6 is 0 Å². The van der Waals surface area contributed by atoms with Crippen LogP contribution in [0.2, 0.25) is 0 Å². The standard InChI is InChI=1S/C43H25BO3/c1-2-9-25(10-3-1)29-13-5-15-31-32-16-6-14-30(34(32)24-33(29)31)27-12-4-11-26(21-27)28-22-39-43-40(23-28)47-38-20-8-18-36-42(38)44(43)41-35(45-36)17-7-19-37(41)46-39/h1-23H,24H2. The summed E-state index contributed by atoms with van der Waals surface area (Å²) in [7, 11) is 0. The van der Waals surface area contributed by atoms with Crippen LogP contribution in [0.3, 0.4) is 0 Å². The van der Waals surface area contributed by atoms with E-state index in [9.17, 15) is 0 Å². The van der Waals surface area contributed by atoms with Crippen LogP contribution in [0.4, 0.5) is 0 Å². The van der Waals surface area contributed by atoms with Crippen LogP contribution in [-0.4, -0.2) is 6.71 Å². The van der Waals surface area contributed by atoms with Gasteiger partial charge in [-0.15, -0.1) is 0 Å². The van der Waals surface area contributed by atoms with E-state index in [4.69, 9.17) is 14.2 Å². The van der Waals surface area contributed by atoms with E-state index >= 15 is 0 Å². The second-order valence-corrected chi connectivity index (χ2v) is 12.7. The van der Waals surface area contributed by atoms with Crippen molar-refractivity contribution in [1.82, 2.24) is 0 Å². The lowest BCUT2D eigenvalue weighted by atomic mass is 9.34. The molecular weight excluding hydrogens is 575 g/mol. The van der Waals surface area contributed by atoms with Crippen molar-refractivity contribution in [2.24, 2.45) is 0 Å². The van der Waals surface area contributed by atoms with Crippen LogP contribution in [0.5, 0.6) is 34.5 Å². The van der Waals surface area contributed by atoms with Gasteiger partial charge >= 0.3 is 0 Å². The van der Waals surface area contributed by atoms with E-state index in [1.807, 2.05) is 36.4 Å². The molecule has 7 aromatic rings. The first-order chi connectivity index (χ1) is 23.3. The molecule has 0 saturated heterocycles. The summed E-state index contributed by atoms with van der Waals surface area (Å²) >= 11 is 0. The van der Waals surface area contributed by atoms with Crippen molar-refractivity contribution < 1.29 is 14.2 Å². The van der Waals surface area contributed by atoms with Gasteiger partial charge in [0.1, 0.15) is 34.5 Å². The lowest BCUT2D eigenvalue weighted by Crippen LogP contribution is -2.59. The molecule has 1 aliphatic carbocycles. The van der Waals surface area contributed by atoms with E-state index in [-0.39, 0.29) is 6.71 Å². The van der Waals surface area contributed by atoms with E-state index in [1.165, 1.54) is 44.5 Å². The number of hydrogen-bond acceptors (Lipinski definition) is 3. The molecule has 0 unspecified atom stereocenters. The smallest absolute Gasteiger partial charge is 0.270 e. The van der Waals surface area contributed by atoms with Gasteiger partial charge in [-0.25, -0.2) is 0 Å². The summed E-state index contributed by atoms with van der Waals surface area (Å²) in [5.41, 5.74) is 15.9. The Kier molecular flexibility index (Phi) is 4.98. The van der Waals surface area contributed by atoms with Gasteiger partial charge in [-0.2, -0.15) is 0 Å². The molecule has 0 spiro atoms. The van der Waals surface area contributed by atoms with Gasteiger partial charge in [0.25, 0.3) is 6.71 Å². The highest BCUT2D eigenvalue weighted by molar-refractivity contribution is 6.99. The minimum absolute atomic E-state index is 0.0170. The Morgan fingerprint density at radius 1 is 0.340 bits per heavy atom. The predicted octanol–water partition coefficient (Wildman–Crippen LogP) is 9.09. The SMILES string of the molecule is c1ccc(-c2cccc3c2Cc2c(-c4cccc(-c5cc6c7c(c5)Oc5cccc8c5B7c5c(cccc5O6)O8)c4)cccc2-3)cc1. The summed E-state index contributed by atoms with van der Waals surface area (Å²) in [4.78, 5) is 0. The zero-order valence-corrected chi connectivity index (χ0v) is 25.3. The average molecular weight is 600 g/mol. The van der Waals surface area contributed by atoms with Gasteiger partial charge in [0.15, 0.2) is 0 Å². The number of ether oxygens (including phenoxy) is 3. The molecule has 4 heteroatoms. The molecule has 11 rings (SSSR count). The summed E-state index contributed by atoms with van der Waals surface area (Å²) in [5.74, 6) is 5.05. The predicted molar refractivity (Wildman–Crippen MR) is 189 cm³/mol. The van der Waals surface area contributed by atoms with Crippen molar-refractivity contribution in [1.29, 1.82) is 0 Å². The first-order valence-electron chi connectivity index (χ1n) is 16.2. The molecule has 4 aliphatic rings. The maximum Gasteiger partial charge on any atom is 0.270 e. The molecule has 0 saturated carbocycles. The lowest BCUT2D eigenvalue weighted by molar-refractivity contribution is 0.443. The largest absolute Gasteiger partial charge is 0.458 e. The number of benzene rings is 7. The van der Waals surface area contributed by atoms with Gasteiger partial charge in [0.05, 0.1) is 0 Å².